The van der Waals surface area contributed by atoms with Crippen LogP contribution in [0.15, 0.2) is 66.5 Å². The summed E-state index contributed by atoms with van der Waals surface area (Å²) in [5, 5.41) is 11.7. The third-order valence-electron chi connectivity index (χ3n) is 5.57. The summed E-state index contributed by atoms with van der Waals surface area (Å²) in [5.74, 6) is -1.10. The molecule has 0 saturated carbocycles. The standard InChI is InChI=1S/C25H21ClN2O4/c1-14-4-6-18(13-19(14)26)28-22(16-8-10-27-11-9-16)21(24(30)25(28)31)23(29)17-5-7-20(32-3)15(2)12-17/h4-13,22,29H,1-3H3/b23-21+. The Kier molecular flexibility index (Phi) is 5.72. The van der Waals surface area contributed by atoms with E-state index in [1.165, 1.54) is 4.90 Å². The summed E-state index contributed by atoms with van der Waals surface area (Å²) in [6.45, 7) is 3.69. The summed E-state index contributed by atoms with van der Waals surface area (Å²) >= 11 is 6.30. The van der Waals surface area contributed by atoms with Gasteiger partial charge in [0.05, 0.1) is 18.7 Å². The van der Waals surface area contributed by atoms with Crippen LogP contribution in [0, 0.1) is 13.8 Å². The van der Waals surface area contributed by atoms with E-state index in [-0.39, 0.29) is 11.3 Å². The highest BCUT2D eigenvalue weighted by Gasteiger charge is 2.47. The molecule has 0 aliphatic carbocycles. The largest absolute Gasteiger partial charge is 0.507 e. The van der Waals surface area contributed by atoms with Crippen molar-refractivity contribution in [1.29, 1.82) is 0 Å². The van der Waals surface area contributed by atoms with E-state index in [4.69, 9.17) is 16.3 Å². The van der Waals surface area contributed by atoms with Crippen molar-refractivity contribution in [2.75, 3.05) is 12.0 Å². The van der Waals surface area contributed by atoms with Gasteiger partial charge in [-0.3, -0.25) is 19.5 Å². The molecule has 1 aliphatic rings. The van der Waals surface area contributed by atoms with Gasteiger partial charge in [-0.05, 0) is 73.0 Å². The fourth-order valence-corrected chi connectivity index (χ4v) is 4.05. The number of pyridine rings is 1. The molecule has 6 nitrogen and oxygen atoms in total. The Hall–Kier alpha value is -3.64. The van der Waals surface area contributed by atoms with E-state index in [1.54, 1.807) is 68.0 Å². The number of amides is 1. The van der Waals surface area contributed by atoms with E-state index in [2.05, 4.69) is 4.98 Å². The normalized spacial score (nSPS) is 17.6. The highest BCUT2D eigenvalue weighted by molar-refractivity contribution is 6.51. The number of anilines is 1. The highest BCUT2D eigenvalue weighted by Crippen LogP contribution is 2.43. The molecule has 1 N–H and O–H groups in total. The zero-order valence-electron chi connectivity index (χ0n) is 17.8. The lowest BCUT2D eigenvalue weighted by Crippen LogP contribution is -2.29. The number of aryl methyl sites for hydroxylation is 2. The predicted octanol–water partition coefficient (Wildman–Crippen LogP) is 4.99. The first-order chi connectivity index (χ1) is 15.3. The zero-order valence-corrected chi connectivity index (χ0v) is 18.6. The molecule has 2 aromatic carbocycles. The second kappa shape index (κ2) is 8.48. The number of halogens is 1. The van der Waals surface area contributed by atoms with Crippen molar-refractivity contribution in [2.45, 2.75) is 19.9 Å². The minimum Gasteiger partial charge on any atom is -0.507 e. The van der Waals surface area contributed by atoms with E-state index >= 15 is 0 Å². The van der Waals surface area contributed by atoms with E-state index < -0.39 is 17.7 Å². The van der Waals surface area contributed by atoms with E-state index in [0.717, 1.165) is 11.1 Å². The van der Waals surface area contributed by atoms with Crippen LogP contribution in [0.3, 0.4) is 0 Å². The number of ether oxygens (including phenoxy) is 1. The van der Waals surface area contributed by atoms with E-state index in [1.807, 2.05) is 13.8 Å². The van der Waals surface area contributed by atoms with Gasteiger partial charge in [-0.1, -0.05) is 17.7 Å². The number of ketones is 1. The Balaban J connectivity index is 1.94. The van der Waals surface area contributed by atoms with Crippen molar-refractivity contribution in [3.05, 3.63) is 93.8 Å². The van der Waals surface area contributed by atoms with Gasteiger partial charge in [-0.25, -0.2) is 0 Å². The van der Waals surface area contributed by atoms with Crippen molar-refractivity contribution in [2.24, 2.45) is 0 Å². The topological polar surface area (TPSA) is 79.7 Å². The first kappa shape index (κ1) is 21.6. The van der Waals surface area contributed by atoms with Gasteiger partial charge in [-0.15, -0.1) is 0 Å². The number of methoxy groups -OCH3 is 1. The van der Waals surface area contributed by atoms with Gasteiger partial charge in [0.1, 0.15) is 11.5 Å². The lowest BCUT2D eigenvalue weighted by Gasteiger charge is -2.25. The number of nitrogens with zero attached hydrogens (tertiary/aromatic N) is 2. The number of rotatable bonds is 4. The number of benzene rings is 2. The number of carbonyl (C=O) groups excluding carboxylic acids is 2. The van der Waals surface area contributed by atoms with Crippen molar-refractivity contribution in [3.8, 4) is 5.75 Å². The molecule has 1 saturated heterocycles. The van der Waals surface area contributed by atoms with Crippen molar-refractivity contribution in [1.82, 2.24) is 4.98 Å². The number of Topliss-reactive ketones (excluding diaryl/α,β-unsaturated/α-hetero) is 1. The van der Waals surface area contributed by atoms with E-state index in [0.29, 0.717) is 27.6 Å². The molecular weight excluding hydrogens is 428 g/mol. The summed E-state index contributed by atoms with van der Waals surface area (Å²) in [7, 11) is 1.56. The molecule has 1 aromatic heterocycles. The molecule has 162 valence electrons. The SMILES string of the molecule is COc1ccc(/C(O)=C2\C(=O)C(=O)N(c3ccc(C)c(Cl)c3)C2c2ccncc2)cc1C. The average Bonchev–Trinajstić information content (AvgIpc) is 3.06. The van der Waals surface area contributed by atoms with Crippen LogP contribution < -0.4 is 9.64 Å². The molecule has 1 atom stereocenters. The summed E-state index contributed by atoms with van der Waals surface area (Å²) < 4.78 is 5.28. The number of carbonyl (C=O) groups is 2. The van der Waals surface area contributed by atoms with Crippen LogP contribution in [0.5, 0.6) is 5.75 Å². The maximum absolute atomic E-state index is 13.2. The van der Waals surface area contributed by atoms with Gasteiger partial charge in [0.2, 0.25) is 0 Å². The number of hydrogen-bond donors (Lipinski definition) is 1. The predicted molar refractivity (Wildman–Crippen MR) is 123 cm³/mol. The molecule has 7 heteroatoms. The molecule has 2 heterocycles. The number of hydrogen-bond acceptors (Lipinski definition) is 5. The molecule has 3 aromatic rings. The molecule has 0 bridgehead atoms. The number of aromatic nitrogens is 1. The minimum absolute atomic E-state index is 0.00228. The second-order valence-electron chi connectivity index (χ2n) is 7.57. The Morgan fingerprint density at radius 1 is 1.03 bits per heavy atom. The average molecular weight is 449 g/mol. The molecule has 0 spiro atoms. The Bertz CT molecular complexity index is 1250. The summed E-state index contributed by atoms with van der Waals surface area (Å²) in [6.07, 6.45) is 3.16. The van der Waals surface area contributed by atoms with Crippen LogP contribution in [-0.4, -0.2) is 28.9 Å². The van der Waals surface area contributed by atoms with Crippen LogP contribution in [0.25, 0.3) is 5.76 Å². The third kappa shape index (κ3) is 3.63. The van der Waals surface area contributed by atoms with E-state index in [9.17, 15) is 14.7 Å². The minimum atomic E-state index is -0.834. The molecule has 1 fully saturated rings. The van der Waals surface area contributed by atoms with Gasteiger partial charge >= 0.3 is 0 Å². The molecule has 1 unspecified atom stereocenters. The summed E-state index contributed by atoms with van der Waals surface area (Å²) in [6, 6.07) is 12.8. The molecule has 1 amide bonds. The Labute approximate surface area is 190 Å². The summed E-state index contributed by atoms with van der Waals surface area (Å²) in [5.41, 5.74) is 3.17. The number of aliphatic hydroxyl groups is 1. The lowest BCUT2D eigenvalue weighted by atomic mass is 9.95. The molecule has 0 radical (unpaired) electrons. The van der Waals surface area contributed by atoms with Crippen LogP contribution >= 0.6 is 11.6 Å². The lowest BCUT2D eigenvalue weighted by molar-refractivity contribution is -0.132. The first-order valence-electron chi connectivity index (χ1n) is 9.95. The highest BCUT2D eigenvalue weighted by atomic mass is 35.5. The maximum Gasteiger partial charge on any atom is 0.300 e. The molecular formula is C25H21ClN2O4. The zero-order chi connectivity index (χ0) is 23.0. The maximum atomic E-state index is 13.2. The van der Waals surface area contributed by atoms with Gasteiger partial charge in [0.15, 0.2) is 0 Å². The second-order valence-corrected chi connectivity index (χ2v) is 7.97. The summed E-state index contributed by atoms with van der Waals surface area (Å²) in [4.78, 5) is 31.7. The fraction of sp³-hybridized carbons (Fsp3) is 0.160. The van der Waals surface area contributed by atoms with Gasteiger partial charge < -0.3 is 9.84 Å². The third-order valence-corrected chi connectivity index (χ3v) is 5.98. The first-order valence-corrected chi connectivity index (χ1v) is 10.3. The smallest absolute Gasteiger partial charge is 0.300 e. The van der Waals surface area contributed by atoms with Crippen molar-refractivity contribution < 1.29 is 19.4 Å². The van der Waals surface area contributed by atoms with Crippen molar-refractivity contribution in [3.63, 3.8) is 0 Å². The molecule has 4 rings (SSSR count). The van der Waals surface area contributed by atoms with Crippen LogP contribution in [0.1, 0.15) is 28.3 Å². The monoisotopic (exact) mass is 448 g/mol. The number of aliphatic hydroxyl groups excluding tert-OH is 1. The fourth-order valence-electron chi connectivity index (χ4n) is 3.87. The van der Waals surface area contributed by atoms with Gasteiger partial charge in [-0.2, -0.15) is 0 Å². The molecule has 1 aliphatic heterocycles. The van der Waals surface area contributed by atoms with Crippen LogP contribution in [0.2, 0.25) is 5.02 Å². The van der Waals surface area contributed by atoms with Gasteiger partial charge in [0, 0.05) is 28.7 Å². The van der Waals surface area contributed by atoms with Crippen molar-refractivity contribution >= 4 is 34.7 Å². The van der Waals surface area contributed by atoms with Crippen LogP contribution in [0.4, 0.5) is 5.69 Å². The quantitative estimate of drug-likeness (QED) is 0.345. The molecule has 32 heavy (non-hydrogen) atoms. The Morgan fingerprint density at radius 2 is 1.75 bits per heavy atom. The van der Waals surface area contributed by atoms with Gasteiger partial charge in [0.25, 0.3) is 11.7 Å². The Morgan fingerprint density at radius 3 is 2.38 bits per heavy atom. The van der Waals surface area contributed by atoms with Crippen LogP contribution in [-0.2, 0) is 9.59 Å².